The number of rotatable bonds is 6. The van der Waals surface area contributed by atoms with Crippen LogP contribution in [0.1, 0.15) is 42.9 Å². The van der Waals surface area contributed by atoms with Crippen LogP contribution in [0.3, 0.4) is 0 Å². The van der Waals surface area contributed by atoms with Crippen molar-refractivity contribution in [1.82, 2.24) is 15.6 Å². The number of nitrogens with one attached hydrogen (secondary N) is 2. The molecular weight excluding hydrogens is 454 g/mol. The molecule has 1 amide bonds. The quantitative estimate of drug-likeness (QED) is 0.647. The van der Waals surface area contributed by atoms with E-state index in [1.165, 1.54) is 11.3 Å². The zero-order chi connectivity index (χ0) is 25.3. The highest BCUT2D eigenvalue weighted by atomic mass is 16.5. The highest BCUT2D eigenvalue weighted by Gasteiger charge is 2.40. The fourth-order valence-electron chi connectivity index (χ4n) is 5.76. The van der Waals surface area contributed by atoms with Crippen LogP contribution in [-0.2, 0) is 11.2 Å². The van der Waals surface area contributed by atoms with E-state index in [4.69, 9.17) is 14.6 Å². The van der Waals surface area contributed by atoms with Gasteiger partial charge in [-0.2, -0.15) is 5.10 Å². The van der Waals surface area contributed by atoms with E-state index in [-0.39, 0.29) is 17.4 Å². The second-order valence-electron chi connectivity index (χ2n) is 10.3. The van der Waals surface area contributed by atoms with Crippen molar-refractivity contribution in [1.29, 1.82) is 0 Å². The Balaban J connectivity index is 1.44. The molecular formula is C28H37N5O3. The Labute approximate surface area is 213 Å². The van der Waals surface area contributed by atoms with Gasteiger partial charge in [-0.25, -0.2) is 0 Å². The Bertz CT molecular complexity index is 1140. The SMILES string of the molecule is CNCN1N=C(c2ccc(N3CCC4(CC3)CNC(=O)C4)cc2)c2cc(OC)c(OC)cc2CC1C. The van der Waals surface area contributed by atoms with Gasteiger partial charge in [-0.1, -0.05) is 12.1 Å². The van der Waals surface area contributed by atoms with Crippen molar-refractivity contribution in [3.63, 3.8) is 0 Å². The number of hydrogen-bond acceptors (Lipinski definition) is 7. The van der Waals surface area contributed by atoms with Crippen molar-refractivity contribution in [2.75, 3.05) is 52.5 Å². The van der Waals surface area contributed by atoms with Gasteiger partial charge in [0.05, 0.1) is 26.6 Å². The van der Waals surface area contributed by atoms with Gasteiger partial charge in [-0.3, -0.25) is 9.80 Å². The maximum atomic E-state index is 11.8. The minimum absolute atomic E-state index is 0.153. The van der Waals surface area contributed by atoms with E-state index in [1.54, 1.807) is 14.2 Å². The van der Waals surface area contributed by atoms with Crippen LogP contribution >= 0.6 is 0 Å². The molecule has 3 aliphatic rings. The number of carbonyl (C=O) groups excluding carboxylic acids is 1. The number of piperidine rings is 1. The van der Waals surface area contributed by atoms with Gasteiger partial charge in [-0.15, -0.1) is 0 Å². The first-order valence-corrected chi connectivity index (χ1v) is 12.8. The number of methoxy groups -OCH3 is 2. The van der Waals surface area contributed by atoms with Crippen LogP contribution in [0.15, 0.2) is 41.5 Å². The highest BCUT2D eigenvalue weighted by molar-refractivity contribution is 6.14. The van der Waals surface area contributed by atoms with Crippen LogP contribution in [0.2, 0.25) is 0 Å². The number of ether oxygens (including phenoxy) is 2. The van der Waals surface area contributed by atoms with E-state index < -0.39 is 0 Å². The first-order chi connectivity index (χ1) is 17.4. The average Bonchev–Trinajstić information content (AvgIpc) is 3.19. The molecule has 1 unspecified atom stereocenters. The van der Waals surface area contributed by atoms with E-state index in [0.29, 0.717) is 18.8 Å². The molecule has 2 N–H and O–H groups in total. The van der Waals surface area contributed by atoms with Gasteiger partial charge < -0.3 is 25.0 Å². The third-order valence-electron chi connectivity index (χ3n) is 7.96. The van der Waals surface area contributed by atoms with Crippen molar-refractivity contribution in [3.8, 4) is 11.5 Å². The third-order valence-corrected chi connectivity index (χ3v) is 7.96. The lowest BCUT2D eigenvalue weighted by atomic mass is 9.77. The molecule has 0 bridgehead atoms. The monoisotopic (exact) mass is 491 g/mol. The molecule has 1 spiro atoms. The standard InChI is InChI=1S/C28H37N5O3/c1-19-13-21-14-24(35-3)25(36-4)15-23(21)27(31-33(19)18-29-2)20-5-7-22(8-6-20)32-11-9-28(10-12-32)16-26(34)30-17-28/h5-8,14-15,19,29H,9-13,16-18H2,1-4H3,(H,30,34). The van der Waals surface area contributed by atoms with Gasteiger partial charge in [0.25, 0.3) is 0 Å². The van der Waals surface area contributed by atoms with Crippen LogP contribution in [0.25, 0.3) is 0 Å². The molecule has 0 aliphatic carbocycles. The average molecular weight is 492 g/mol. The van der Waals surface area contributed by atoms with Crippen LogP contribution < -0.4 is 25.0 Å². The predicted octanol–water partition coefficient (Wildman–Crippen LogP) is 2.99. The summed E-state index contributed by atoms with van der Waals surface area (Å²) in [6.45, 7) is 5.64. The Kier molecular flexibility index (Phi) is 6.79. The normalized spacial score (nSPS) is 21.1. The number of carbonyl (C=O) groups is 1. The van der Waals surface area contributed by atoms with E-state index in [9.17, 15) is 4.79 Å². The summed E-state index contributed by atoms with van der Waals surface area (Å²) >= 11 is 0. The smallest absolute Gasteiger partial charge is 0.220 e. The minimum atomic E-state index is 0.153. The largest absolute Gasteiger partial charge is 0.493 e. The molecule has 5 rings (SSSR count). The molecule has 3 aliphatic heterocycles. The second kappa shape index (κ2) is 10.0. The van der Waals surface area contributed by atoms with E-state index in [1.807, 2.05) is 7.05 Å². The fraction of sp³-hybridized carbons (Fsp3) is 0.500. The van der Waals surface area contributed by atoms with Gasteiger partial charge >= 0.3 is 0 Å². The van der Waals surface area contributed by atoms with Crippen LogP contribution in [-0.4, -0.2) is 70.2 Å². The molecule has 2 saturated heterocycles. The summed E-state index contributed by atoms with van der Waals surface area (Å²) in [6, 6.07) is 13.1. The van der Waals surface area contributed by atoms with E-state index in [2.05, 4.69) is 63.9 Å². The Morgan fingerprint density at radius 2 is 1.81 bits per heavy atom. The maximum absolute atomic E-state index is 11.8. The van der Waals surface area contributed by atoms with Gasteiger partial charge in [-0.05, 0) is 68.5 Å². The number of hydrazone groups is 1. The molecule has 36 heavy (non-hydrogen) atoms. The molecule has 1 atom stereocenters. The molecule has 2 aromatic rings. The zero-order valence-corrected chi connectivity index (χ0v) is 21.8. The number of fused-ring (bicyclic) bond motifs is 1. The van der Waals surface area contributed by atoms with Gasteiger partial charge in [0.2, 0.25) is 5.91 Å². The van der Waals surface area contributed by atoms with Crippen molar-refractivity contribution >= 4 is 17.3 Å². The lowest BCUT2D eigenvalue weighted by Crippen LogP contribution is -2.41. The first kappa shape index (κ1) is 24.4. The van der Waals surface area contributed by atoms with Crippen molar-refractivity contribution < 1.29 is 14.3 Å². The Hall–Kier alpha value is -3.26. The van der Waals surface area contributed by atoms with Crippen molar-refractivity contribution in [2.24, 2.45) is 10.5 Å². The minimum Gasteiger partial charge on any atom is -0.493 e. The lowest BCUT2D eigenvalue weighted by molar-refractivity contribution is -0.119. The molecule has 0 aromatic heterocycles. The van der Waals surface area contributed by atoms with E-state index in [0.717, 1.165) is 61.5 Å². The molecule has 0 saturated carbocycles. The summed E-state index contributed by atoms with van der Waals surface area (Å²) in [5.41, 5.74) is 5.64. The molecule has 8 heteroatoms. The number of anilines is 1. The van der Waals surface area contributed by atoms with Crippen molar-refractivity contribution in [3.05, 3.63) is 53.1 Å². The van der Waals surface area contributed by atoms with Gasteiger partial charge in [0.1, 0.15) is 0 Å². The van der Waals surface area contributed by atoms with Gasteiger partial charge in [0.15, 0.2) is 11.5 Å². The predicted molar refractivity (Wildman–Crippen MR) is 142 cm³/mol. The zero-order valence-electron chi connectivity index (χ0n) is 21.8. The fourth-order valence-corrected chi connectivity index (χ4v) is 5.76. The number of hydrogen-bond donors (Lipinski definition) is 2. The summed E-state index contributed by atoms with van der Waals surface area (Å²) in [5, 5.41) is 13.5. The van der Waals surface area contributed by atoms with Crippen LogP contribution in [0.4, 0.5) is 5.69 Å². The third kappa shape index (κ3) is 4.62. The first-order valence-electron chi connectivity index (χ1n) is 12.8. The summed E-state index contributed by atoms with van der Waals surface area (Å²) < 4.78 is 11.2. The summed E-state index contributed by atoms with van der Waals surface area (Å²) in [5.74, 6) is 1.65. The summed E-state index contributed by atoms with van der Waals surface area (Å²) in [7, 11) is 5.29. The molecule has 2 fully saturated rings. The number of nitrogens with zero attached hydrogens (tertiary/aromatic N) is 3. The molecule has 3 heterocycles. The Morgan fingerprint density at radius 1 is 1.11 bits per heavy atom. The summed E-state index contributed by atoms with van der Waals surface area (Å²) in [4.78, 5) is 14.2. The molecule has 0 radical (unpaired) electrons. The molecule has 2 aromatic carbocycles. The summed E-state index contributed by atoms with van der Waals surface area (Å²) in [6.07, 6.45) is 3.63. The van der Waals surface area contributed by atoms with Crippen LogP contribution in [0, 0.1) is 5.41 Å². The highest BCUT2D eigenvalue weighted by Crippen LogP contribution is 2.39. The van der Waals surface area contributed by atoms with Gasteiger partial charge in [0, 0.05) is 48.9 Å². The van der Waals surface area contributed by atoms with Crippen LogP contribution in [0.5, 0.6) is 11.5 Å². The molecule has 8 nitrogen and oxygen atoms in total. The van der Waals surface area contributed by atoms with Crippen molar-refractivity contribution in [2.45, 2.75) is 38.6 Å². The molecule has 192 valence electrons. The number of benzene rings is 2. The lowest BCUT2D eigenvalue weighted by Gasteiger charge is -2.39. The van der Waals surface area contributed by atoms with E-state index >= 15 is 0 Å². The maximum Gasteiger partial charge on any atom is 0.220 e. The Morgan fingerprint density at radius 3 is 2.42 bits per heavy atom. The number of amides is 1. The topological polar surface area (TPSA) is 78.4 Å². The second-order valence-corrected chi connectivity index (χ2v) is 10.3.